The summed E-state index contributed by atoms with van der Waals surface area (Å²) < 4.78 is 62.7. The highest BCUT2D eigenvalue weighted by atomic mass is 32.2. The van der Waals surface area contributed by atoms with Crippen LogP contribution < -0.4 is 20.0 Å². The van der Waals surface area contributed by atoms with Crippen LogP contribution in [0.2, 0.25) is 0 Å². The van der Waals surface area contributed by atoms with Gasteiger partial charge in [0.25, 0.3) is 11.8 Å². The third-order valence-electron chi connectivity index (χ3n) is 10.9. The molecule has 0 unspecified atom stereocenters. The number of halogens is 1. The van der Waals surface area contributed by atoms with E-state index in [4.69, 9.17) is 13.9 Å². The van der Waals surface area contributed by atoms with Crippen LogP contribution in [0.1, 0.15) is 76.4 Å². The largest absolute Gasteiger partial charge is 0.486 e. The lowest BCUT2D eigenvalue weighted by Gasteiger charge is -2.41. The van der Waals surface area contributed by atoms with Crippen LogP contribution in [0.3, 0.4) is 0 Å². The Kier molecular flexibility index (Phi) is 10.3. The minimum absolute atomic E-state index is 0.0839. The normalized spacial score (nSPS) is 20.2. The summed E-state index contributed by atoms with van der Waals surface area (Å²) in [5, 5.41) is 0.810. The molecular formula is C37H46FN5O8S. The number of nitrogens with one attached hydrogen (secondary N) is 1. The number of aryl methyl sites for hydroxylation is 1. The van der Waals surface area contributed by atoms with E-state index in [-0.39, 0.29) is 49.5 Å². The van der Waals surface area contributed by atoms with Crippen LogP contribution in [0.25, 0.3) is 11.0 Å². The van der Waals surface area contributed by atoms with Crippen molar-refractivity contribution >= 4 is 38.7 Å². The summed E-state index contributed by atoms with van der Waals surface area (Å²) in [6, 6.07) is 6.66. The Balaban J connectivity index is 1.14. The molecule has 4 aliphatic rings. The maximum absolute atomic E-state index is 16.3. The van der Waals surface area contributed by atoms with E-state index in [0.717, 1.165) is 48.3 Å². The first-order chi connectivity index (χ1) is 25.0. The lowest BCUT2D eigenvalue weighted by molar-refractivity contribution is 0.0721. The molecule has 3 aliphatic heterocycles. The van der Waals surface area contributed by atoms with Crippen molar-refractivity contribution in [1.29, 1.82) is 0 Å². The molecule has 1 aliphatic carbocycles. The van der Waals surface area contributed by atoms with Gasteiger partial charge in [0.05, 0.1) is 42.0 Å². The van der Waals surface area contributed by atoms with E-state index >= 15 is 4.39 Å². The molecule has 3 fully saturated rings. The number of amides is 2. The highest BCUT2D eigenvalue weighted by Crippen LogP contribution is 2.36. The number of likely N-dealkylation sites (N-methyl/N-ethyl adjacent to an activating group) is 1. The first-order valence-corrected chi connectivity index (χ1v) is 19.6. The summed E-state index contributed by atoms with van der Waals surface area (Å²) in [5.41, 5.74) is 2.34. The molecule has 2 saturated heterocycles. The van der Waals surface area contributed by atoms with Crippen molar-refractivity contribution in [2.45, 2.75) is 71.1 Å². The van der Waals surface area contributed by atoms with Crippen molar-refractivity contribution in [3.8, 4) is 5.75 Å². The molecule has 13 nitrogen and oxygen atoms in total. The number of anilines is 1. The number of hydrogen-bond donors (Lipinski definition) is 1. The maximum atomic E-state index is 16.3. The number of fused-ring (bicyclic) bond motifs is 3. The molecule has 0 radical (unpaired) electrons. The molecule has 1 atom stereocenters. The zero-order valence-corrected chi connectivity index (χ0v) is 30.7. The van der Waals surface area contributed by atoms with Crippen molar-refractivity contribution in [2.24, 2.45) is 0 Å². The molecule has 0 spiro atoms. The maximum Gasteiger partial charge on any atom is 0.341 e. The molecule has 1 N–H and O–H groups in total. The smallest absolute Gasteiger partial charge is 0.341 e. The van der Waals surface area contributed by atoms with E-state index in [0.29, 0.717) is 56.5 Å². The first-order valence-electron chi connectivity index (χ1n) is 18.2. The number of piperazine rings is 1. The van der Waals surface area contributed by atoms with Gasteiger partial charge in [-0.05, 0) is 89.2 Å². The fourth-order valence-corrected chi connectivity index (χ4v) is 8.79. The van der Waals surface area contributed by atoms with Crippen LogP contribution in [-0.4, -0.2) is 106 Å². The fraction of sp³-hybridized carbons (Fsp3) is 0.541. The van der Waals surface area contributed by atoms with E-state index in [2.05, 4.69) is 22.9 Å². The Bertz CT molecular complexity index is 2050. The van der Waals surface area contributed by atoms with Crippen molar-refractivity contribution in [3.63, 3.8) is 0 Å². The van der Waals surface area contributed by atoms with Gasteiger partial charge in [-0.2, -0.15) is 12.7 Å². The van der Waals surface area contributed by atoms with Gasteiger partial charge in [-0.25, -0.2) is 13.9 Å². The molecule has 4 heterocycles. The Morgan fingerprint density at radius 2 is 1.75 bits per heavy atom. The summed E-state index contributed by atoms with van der Waals surface area (Å²) >= 11 is 0. The number of ether oxygens (including phenoxy) is 2. The second kappa shape index (κ2) is 14.8. The summed E-state index contributed by atoms with van der Waals surface area (Å²) in [6.45, 7) is 8.42. The van der Waals surface area contributed by atoms with Crippen molar-refractivity contribution < 1.29 is 36.3 Å². The van der Waals surface area contributed by atoms with Crippen LogP contribution in [0.4, 0.5) is 10.1 Å². The van der Waals surface area contributed by atoms with Crippen LogP contribution in [0.5, 0.6) is 5.75 Å². The average Bonchev–Trinajstić information content (AvgIpc) is 3.67. The van der Waals surface area contributed by atoms with E-state index in [1.165, 1.54) is 21.3 Å². The van der Waals surface area contributed by atoms with Gasteiger partial charge in [0.2, 0.25) is 0 Å². The highest BCUT2D eigenvalue weighted by molar-refractivity contribution is 7.87. The van der Waals surface area contributed by atoms with Crippen LogP contribution >= 0.6 is 0 Å². The van der Waals surface area contributed by atoms with Gasteiger partial charge in [-0.1, -0.05) is 0 Å². The highest BCUT2D eigenvalue weighted by Gasteiger charge is 2.35. The van der Waals surface area contributed by atoms with E-state index in [9.17, 15) is 22.8 Å². The molecule has 0 bridgehead atoms. The van der Waals surface area contributed by atoms with Gasteiger partial charge < -0.3 is 23.7 Å². The summed E-state index contributed by atoms with van der Waals surface area (Å²) in [6.07, 6.45) is 3.51. The number of rotatable bonds is 10. The predicted molar refractivity (Wildman–Crippen MR) is 193 cm³/mol. The van der Waals surface area contributed by atoms with Gasteiger partial charge in [-0.15, -0.1) is 0 Å². The molecule has 2 aromatic carbocycles. The van der Waals surface area contributed by atoms with Gasteiger partial charge in [0, 0.05) is 62.5 Å². The number of nitrogens with zero attached hydrogens (tertiary/aromatic N) is 4. The molecule has 1 saturated carbocycles. The summed E-state index contributed by atoms with van der Waals surface area (Å²) in [7, 11) is -2.03. The molecular weight excluding hydrogens is 693 g/mol. The second-order valence-electron chi connectivity index (χ2n) is 14.2. The van der Waals surface area contributed by atoms with E-state index in [1.54, 1.807) is 0 Å². The van der Waals surface area contributed by atoms with Crippen LogP contribution in [0.15, 0.2) is 33.5 Å². The van der Waals surface area contributed by atoms with Gasteiger partial charge >= 0.3 is 15.8 Å². The molecule has 1 aromatic heterocycles. The molecule has 7 rings (SSSR count). The molecule has 280 valence electrons. The third kappa shape index (κ3) is 6.91. The summed E-state index contributed by atoms with van der Waals surface area (Å²) in [4.78, 5) is 46.6. The number of carbonyl (C=O) groups is 2. The summed E-state index contributed by atoms with van der Waals surface area (Å²) in [5.74, 6) is -3.22. The minimum atomic E-state index is -4.13. The predicted octanol–water partition coefficient (Wildman–Crippen LogP) is 3.60. The Morgan fingerprint density at radius 3 is 2.46 bits per heavy atom. The average molecular weight is 740 g/mol. The SMILES string of the molecule is CCOC[C@H]1CN(c2ccc3c4c(c(=O)oc3c2C)CN(C(=O)c2ccc(C(=O)NS(=O)(=O)N3CCCC3)c(OC3CCC3)c2F)CC4)CCN1C. The number of carbonyl (C=O) groups excluding carboxylic acids is 2. The number of benzene rings is 2. The Labute approximate surface area is 302 Å². The van der Waals surface area contributed by atoms with Crippen molar-refractivity contribution in [2.75, 3.05) is 64.4 Å². The number of hydrogen-bond acceptors (Lipinski definition) is 10. The van der Waals surface area contributed by atoms with Gasteiger partial charge in [0.15, 0.2) is 11.6 Å². The Morgan fingerprint density at radius 1 is 1.00 bits per heavy atom. The minimum Gasteiger partial charge on any atom is -0.486 e. The first kappa shape index (κ1) is 36.3. The Hall–Kier alpha value is -4.05. The van der Waals surface area contributed by atoms with Crippen molar-refractivity contribution in [1.82, 2.24) is 18.8 Å². The molecule has 3 aromatic rings. The van der Waals surface area contributed by atoms with E-state index < -0.39 is 39.2 Å². The van der Waals surface area contributed by atoms with Gasteiger partial charge in [0.1, 0.15) is 5.58 Å². The topological polar surface area (TPSA) is 142 Å². The van der Waals surface area contributed by atoms with Crippen molar-refractivity contribution in [3.05, 3.63) is 68.3 Å². The van der Waals surface area contributed by atoms with Gasteiger partial charge in [-0.3, -0.25) is 14.5 Å². The standard InChI is InChI=1S/C37H46FN5O8S/c1-4-49-22-24-20-41(19-18-40(24)3)31-13-12-27-26-14-17-42(21-30(26)37(46)51-33(27)23(31)2)36(45)28-10-11-29(34(32(28)38)50-25-8-7-9-25)35(44)39-52(47,48)43-15-5-6-16-43/h10-13,24-25H,4-9,14-22H2,1-3H3,(H,39,44)/t24-/m1/s1. The fourth-order valence-electron chi connectivity index (χ4n) is 7.57. The zero-order valence-electron chi connectivity index (χ0n) is 29.9. The van der Waals surface area contributed by atoms with Crippen LogP contribution in [0, 0.1) is 12.7 Å². The quantitative estimate of drug-likeness (QED) is 0.307. The second-order valence-corrected chi connectivity index (χ2v) is 15.8. The zero-order chi connectivity index (χ0) is 36.7. The monoisotopic (exact) mass is 739 g/mol. The lowest BCUT2D eigenvalue weighted by atomic mass is 9.94. The molecule has 52 heavy (non-hydrogen) atoms. The molecule has 15 heteroatoms. The van der Waals surface area contributed by atoms with Crippen LogP contribution in [-0.2, 0) is 27.9 Å². The third-order valence-corrected chi connectivity index (χ3v) is 12.4. The molecule has 2 amide bonds. The van der Waals surface area contributed by atoms with E-state index in [1.807, 2.05) is 24.6 Å². The lowest BCUT2D eigenvalue weighted by Crippen LogP contribution is -2.53.